The monoisotopic (exact) mass is 465 g/mol. The second kappa shape index (κ2) is 8.97. The number of anilines is 1. The lowest BCUT2D eigenvalue weighted by Gasteiger charge is -2.25. The molecule has 6 nitrogen and oxygen atoms in total. The van der Waals surface area contributed by atoms with Crippen LogP contribution >= 0.6 is 0 Å². The number of ketones is 1. The Labute approximate surface area is 194 Å². The molecule has 1 aliphatic heterocycles. The van der Waals surface area contributed by atoms with E-state index < -0.39 is 35.1 Å². The van der Waals surface area contributed by atoms with E-state index in [-0.39, 0.29) is 28.7 Å². The molecule has 1 fully saturated rings. The van der Waals surface area contributed by atoms with Crippen LogP contribution in [0.25, 0.3) is 5.76 Å². The van der Waals surface area contributed by atoms with Crippen molar-refractivity contribution in [3.05, 3.63) is 95.1 Å². The molecule has 0 radical (unpaired) electrons. The Morgan fingerprint density at radius 3 is 2.18 bits per heavy atom. The number of halogens is 2. The summed E-state index contributed by atoms with van der Waals surface area (Å²) >= 11 is 0. The number of rotatable bonds is 5. The van der Waals surface area contributed by atoms with Crippen LogP contribution < -0.4 is 9.64 Å². The van der Waals surface area contributed by atoms with Crippen LogP contribution in [0.2, 0.25) is 0 Å². The van der Waals surface area contributed by atoms with E-state index in [0.717, 1.165) is 17.0 Å². The largest absolute Gasteiger partial charge is 0.508 e. The normalized spacial score (nSPS) is 17.4. The quantitative estimate of drug-likeness (QED) is 0.312. The highest BCUT2D eigenvalue weighted by Crippen LogP contribution is 2.42. The van der Waals surface area contributed by atoms with Crippen molar-refractivity contribution in [2.24, 2.45) is 0 Å². The molecule has 3 aromatic rings. The summed E-state index contributed by atoms with van der Waals surface area (Å²) in [6.07, 6.45) is -0.0598. The summed E-state index contributed by atoms with van der Waals surface area (Å²) in [4.78, 5) is 27.1. The van der Waals surface area contributed by atoms with E-state index in [9.17, 15) is 28.6 Å². The average molecular weight is 465 g/mol. The number of aromatic hydroxyl groups is 1. The van der Waals surface area contributed by atoms with Crippen molar-refractivity contribution in [3.63, 3.8) is 0 Å². The molecule has 1 atom stereocenters. The van der Waals surface area contributed by atoms with Crippen molar-refractivity contribution >= 4 is 23.1 Å². The number of aliphatic hydroxyl groups excluding tert-OH is 1. The fourth-order valence-electron chi connectivity index (χ4n) is 3.82. The number of hydrogen-bond acceptors (Lipinski definition) is 5. The first-order valence-corrected chi connectivity index (χ1v) is 10.5. The predicted molar refractivity (Wildman–Crippen MR) is 121 cm³/mol. The van der Waals surface area contributed by atoms with Crippen LogP contribution in [0.4, 0.5) is 14.5 Å². The van der Waals surface area contributed by atoms with Gasteiger partial charge in [-0.3, -0.25) is 14.5 Å². The summed E-state index contributed by atoms with van der Waals surface area (Å²) in [5.74, 6) is -4.21. The molecule has 0 aliphatic carbocycles. The van der Waals surface area contributed by atoms with E-state index in [1.165, 1.54) is 30.3 Å². The lowest BCUT2D eigenvalue weighted by molar-refractivity contribution is -0.132. The van der Waals surface area contributed by atoms with Crippen LogP contribution in [0, 0.1) is 11.6 Å². The molecule has 34 heavy (non-hydrogen) atoms. The molecule has 4 rings (SSSR count). The van der Waals surface area contributed by atoms with Gasteiger partial charge in [-0.2, -0.15) is 0 Å². The third-order valence-electron chi connectivity index (χ3n) is 5.33. The zero-order valence-electron chi connectivity index (χ0n) is 18.3. The Hall–Kier alpha value is -4.20. The molecule has 0 saturated carbocycles. The smallest absolute Gasteiger partial charge is 0.300 e. The molecule has 0 aromatic heterocycles. The van der Waals surface area contributed by atoms with E-state index in [1.807, 2.05) is 13.8 Å². The first-order chi connectivity index (χ1) is 16.2. The summed E-state index contributed by atoms with van der Waals surface area (Å²) in [6.45, 7) is 3.73. The molecule has 1 unspecified atom stereocenters. The Morgan fingerprint density at radius 2 is 1.59 bits per heavy atom. The van der Waals surface area contributed by atoms with E-state index in [2.05, 4.69) is 0 Å². The van der Waals surface area contributed by atoms with Gasteiger partial charge in [0.15, 0.2) is 11.6 Å². The van der Waals surface area contributed by atoms with Gasteiger partial charge in [-0.15, -0.1) is 0 Å². The predicted octanol–water partition coefficient (Wildman–Crippen LogP) is 5.08. The highest BCUT2D eigenvalue weighted by atomic mass is 19.2. The summed E-state index contributed by atoms with van der Waals surface area (Å²) in [5, 5.41) is 20.8. The van der Waals surface area contributed by atoms with Gasteiger partial charge in [0, 0.05) is 17.3 Å². The fraction of sp³-hybridized carbons (Fsp3) is 0.154. The minimum absolute atomic E-state index is 0.0470. The fourth-order valence-corrected chi connectivity index (χ4v) is 3.82. The number of aliphatic hydroxyl groups is 1. The molecule has 1 heterocycles. The van der Waals surface area contributed by atoms with Gasteiger partial charge >= 0.3 is 0 Å². The molecule has 174 valence electrons. The van der Waals surface area contributed by atoms with Crippen LogP contribution in [-0.4, -0.2) is 28.0 Å². The molecule has 1 saturated heterocycles. The lowest BCUT2D eigenvalue weighted by atomic mass is 9.95. The Bertz CT molecular complexity index is 1280. The maximum absolute atomic E-state index is 14.0. The number of hydrogen-bond donors (Lipinski definition) is 2. The molecule has 0 spiro atoms. The number of carbonyl (C=O) groups excluding carboxylic acids is 2. The maximum atomic E-state index is 14.0. The molecule has 0 bridgehead atoms. The molecular formula is C26H21F2NO5. The summed E-state index contributed by atoms with van der Waals surface area (Å²) in [6, 6.07) is 13.7. The number of phenolic OH excluding ortho intramolecular Hbond substituents is 1. The Kier molecular flexibility index (Phi) is 6.06. The second-order valence-electron chi connectivity index (χ2n) is 8.05. The van der Waals surface area contributed by atoms with Crippen LogP contribution in [0.15, 0.2) is 72.3 Å². The zero-order chi connectivity index (χ0) is 24.6. The van der Waals surface area contributed by atoms with Gasteiger partial charge in [0.2, 0.25) is 0 Å². The first kappa shape index (κ1) is 23.0. The van der Waals surface area contributed by atoms with E-state index in [1.54, 1.807) is 24.3 Å². The molecule has 3 aromatic carbocycles. The van der Waals surface area contributed by atoms with Gasteiger partial charge in [-0.25, -0.2) is 8.78 Å². The number of phenols is 1. The Balaban J connectivity index is 1.87. The van der Waals surface area contributed by atoms with E-state index >= 15 is 0 Å². The number of benzene rings is 3. The minimum Gasteiger partial charge on any atom is -0.508 e. The average Bonchev–Trinajstić information content (AvgIpc) is 3.06. The van der Waals surface area contributed by atoms with Crippen LogP contribution in [0.5, 0.6) is 11.5 Å². The molecule has 2 N–H and O–H groups in total. The number of nitrogens with zero attached hydrogens (tertiary/aromatic N) is 1. The van der Waals surface area contributed by atoms with Crippen molar-refractivity contribution < 1.29 is 33.3 Å². The van der Waals surface area contributed by atoms with Crippen molar-refractivity contribution in [1.29, 1.82) is 0 Å². The van der Waals surface area contributed by atoms with Gasteiger partial charge in [0.25, 0.3) is 11.7 Å². The van der Waals surface area contributed by atoms with Crippen molar-refractivity contribution in [2.75, 3.05) is 4.90 Å². The number of ether oxygens (including phenoxy) is 1. The molecule has 1 aliphatic rings. The lowest BCUT2D eigenvalue weighted by Crippen LogP contribution is -2.29. The van der Waals surface area contributed by atoms with Crippen LogP contribution in [0.3, 0.4) is 0 Å². The van der Waals surface area contributed by atoms with Gasteiger partial charge in [0.1, 0.15) is 17.3 Å². The summed E-state index contributed by atoms with van der Waals surface area (Å²) in [7, 11) is 0. The summed E-state index contributed by atoms with van der Waals surface area (Å²) in [5.41, 5.74) is 0.364. The highest BCUT2D eigenvalue weighted by molar-refractivity contribution is 6.51. The van der Waals surface area contributed by atoms with Gasteiger partial charge in [0.05, 0.1) is 17.7 Å². The van der Waals surface area contributed by atoms with Crippen LogP contribution in [0.1, 0.15) is 31.0 Å². The molecule has 8 heteroatoms. The minimum atomic E-state index is -1.19. The second-order valence-corrected chi connectivity index (χ2v) is 8.05. The van der Waals surface area contributed by atoms with Crippen molar-refractivity contribution in [1.82, 2.24) is 0 Å². The zero-order valence-corrected chi connectivity index (χ0v) is 18.3. The summed E-state index contributed by atoms with van der Waals surface area (Å²) < 4.78 is 33.1. The van der Waals surface area contributed by atoms with Gasteiger partial charge in [-0.05, 0) is 67.9 Å². The number of carbonyl (C=O) groups is 2. The maximum Gasteiger partial charge on any atom is 0.300 e. The van der Waals surface area contributed by atoms with Crippen molar-refractivity contribution in [3.8, 4) is 11.5 Å². The third-order valence-corrected chi connectivity index (χ3v) is 5.33. The van der Waals surface area contributed by atoms with Gasteiger partial charge < -0.3 is 14.9 Å². The van der Waals surface area contributed by atoms with Crippen molar-refractivity contribution in [2.45, 2.75) is 26.0 Å². The topological polar surface area (TPSA) is 87.1 Å². The highest BCUT2D eigenvalue weighted by Gasteiger charge is 2.47. The molecular weight excluding hydrogens is 444 g/mol. The standard InChI is InChI=1S/C26H21F2NO5/c1-14(2)34-19-10-5-16(6-11-19)24(31)22-23(15-3-8-18(30)9-4-15)29(26(33)25(22)32)17-7-12-20(27)21(28)13-17/h3-14,23,30-31H,1-2H3/b24-22+. The number of Topliss-reactive ketones (excluding diaryl/α,β-unsaturated/α-hetero) is 1. The van der Waals surface area contributed by atoms with E-state index in [0.29, 0.717) is 11.3 Å². The van der Waals surface area contributed by atoms with Crippen LogP contribution in [-0.2, 0) is 9.59 Å². The Morgan fingerprint density at radius 1 is 0.941 bits per heavy atom. The number of amides is 1. The van der Waals surface area contributed by atoms with Gasteiger partial charge in [-0.1, -0.05) is 12.1 Å². The van der Waals surface area contributed by atoms with E-state index in [4.69, 9.17) is 4.74 Å². The molecule has 1 amide bonds. The third kappa shape index (κ3) is 4.22. The first-order valence-electron chi connectivity index (χ1n) is 10.5. The SMILES string of the molecule is CC(C)Oc1ccc(/C(O)=C2\C(=O)C(=O)N(c3ccc(F)c(F)c3)C2c2ccc(O)cc2)cc1.